The molecular weight excluding hydrogens is 1030 g/mol. The number of aromatic nitrogens is 1. The Morgan fingerprint density at radius 1 is 0.675 bits per heavy atom. The van der Waals surface area contributed by atoms with Crippen LogP contribution < -0.4 is 31.9 Å². The number of rotatable bonds is 22. The fourth-order valence-electron chi connectivity index (χ4n) is 9.63. The minimum Gasteiger partial charge on any atom is -0.508 e. The van der Waals surface area contributed by atoms with Gasteiger partial charge in [-0.25, -0.2) is 9.59 Å². The first-order valence-electron chi connectivity index (χ1n) is 27.6. The summed E-state index contributed by atoms with van der Waals surface area (Å²) in [5.41, 5.74) is 1.99. The molecule has 0 unspecified atom stereocenters. The van der Waals surface area contributed by atoms with E-state index in [-0.39, 0.29) is 50.4 Å². The van der Waals surface area contributed by atoms with Crippen LogP contribution in [0.1, 0.15) is 115 Å². The number of carbonyl (C=O) groups excluding carboxylic acids is 8. The molecule has 10 N–H and O–H groups in total. The lowest BCUT2D eigenvalue weighted by atomic mass is 9.87. The van der Waals surface area contributed by atoms with Crippen molar-refractivity contribution in [3.63, 3.8) is 0 Å². The largest absolute Gasteiger partial charge is 0.508 e. The van der Waals surface area contributed by atoms with Gasteiger partial charge in [0.2, 0.25) is 23.6 Å². The second-order valence-corrected chi connectivity index (χ2v) is 21.6. The number of hydrogen-bond donors (Lipinski definition) is 10. The van der Waals surface area contributed by atoms with E-state index in [4.69, 9.17) is 4.74 Å². The quantitative estimate of drug-likeness (QED) is 0.0456. The van der Waals surface area contributed by atoms with Gasteiger partial charge in [-0.15, -0.1) is 0 Å². The molecule has 434 valence electrons. The second kappa shape index (κ2) is 31.1. The lowest BCUT2D eigenvalue weighted by Gasteiger charge is -2.33. The number of nitrogens with one attached hydrogen (secondary N) is 7. The Kier molecular flexibility index (Phi) is 24.5. The molecule has 1 aromatic heterocycles. The summed E-state index contributed by atoms with van der Waals surface area (Å²) in [6.07, 6.45) is 1.51. The Hall–Kier alpha value is -7.81. The van der Waals surface area contributed by atoms with Crippen molar-refractivity contribution in [3.05, 3.63) is 102 Å². The highest BCUT2D eigenvalue weighted by molar-refractivity contribution is 5.99. The lowest BCUT2D eigenvalue weighted by Crippen LogP contribution is -2.59. The summed E-state index contributed by atoms with van der Waals surface area (Å²) in [7, 11) is 1.31. The Morgan fingerprint density at radius 2 is 1.26 bits per heavy atom. The third kappa shape index (κ3) is 20.8. The number of aliphatic hydroxyl groups excluding tert-OH is 1. The van der Waals surface area contributed by atoms with Crippen molar-refractivity contribution in [2.75, 3.05) is 26.7 Å². The van der Waals surface area contributed by atoms with Gasteiger partial charge in [0.05, 0.1) is 18.2 Å². The van der Waals surface area contributed by atoms with Gasteiger partial charge >= 0.3 is 18.1 Å². The molecule has 1 aliphatic rings. The van der Waals surface area contributed by atoms with Gasteiger partial charge in [-0.2, -0.15) is 0 Å². The molecule has 7 atom stereocenters. The highest BCUT2D eigenvalue weighted by Crippen LogP contribution is 2.25. The summed E-state index contributed by atoms with van der Waals surface area (Å²) in [5, 5.41) is 48.4. The van der Waals surface area contributed by atoms with E-state index in [1.807, 2.05) is 24.3 Å². The number of benzene rings is 3. The summed E-state index contributed by atoms with van der Waals surface area (Å²) < 4.78 is 5.24. The number of nitrogens with zero attached hydrogens (tertiary/aromatic N) is 1. The molecule has 1 aliphatic heterocycles. The number of aliphatic hydroxyl groups is 1. The van der Waals surface area contributed by atoms with E-state index in [9.17, 15) is 58.5 Å². The lowest BCUT2D eigenvalue weighted by molar-refractivity contribution is -0.144. The van der Waals surface area contributed by atoms with E-state index in [0.29, 0.717) is 49.0 Å². The molecule has 2 heterocycles. The maximum Gasteiger partial charge on any atom is 0.407 e. The number of carbonyl (C=O) groups is 9. The van der Waals surface area contributed by atoms with Gasteiger partial charge in [0, 0.05) is 87.7 Å². The number of fused-ring (bicyclic) bond motifs is 1. The molecule has 21 heteroatoms. The second-order valence-electron chi connectivity index (χ2n) is 21.6. The number of carboxylic acids is 1. The SMILES string of the molecule is C[C@@H](O)[C@@H]1NC(=O)[C@H](CCCCNC(=O)NCCCCCCNC(=O)OC(C)(C)C)CC(=O)[C@@H](Cc2c[nH]c3ccccc23)NC(=O)[C@H](Cc2ccc(O)cc2)CC(=O)[C@H](CCC(=O)O)N(C)C(=O)[C@H](Cc2ccccc2)NC1=O. The molecule has 21 nitrogen and oxygen atoms in total. The standard InChI is InChI=1S/C59H80N8O13/c1-37(68)52-55(76)65-47(32-38-17-9-8-10-18-38)56(77)67(5)48(26-27-51(72)73)50(71)35-41(31-39-22-24-43(69)25-23-39)54(75)64-46(33-42-36-63-45-21-12-11-20-44(42)45)49(70)34-40(53(74)66-52)19-13-16-29-61-57(78)60-28-14-6-7-15-30-62-58(79)80-59(2,3)4/h8-12,17-18,20-25,36-37,40-41,46-48,52,63,68-69H,6-7,13-16,19,26-35H2,1-5H3,(H,62,79)(H,64,75)(H,65,76)(H,66,74)(H,72,73)(H2,60,61,78)/t37-,40-,41-,46-,47+,48+,52+/m1/s1. The van der Waals surface area contributed by atoms with E-state index in [0.717, 1.165) is 35.1 Å². The van der Waals surface area contributed by atoms with Crippen LogP contribution in [-0.2, 0) is 57.6 Å². The van der Waals surface area contributed by atoms with Crippen molar-refractivity contribution >= 4 is 64.2 Å². The van der Waals surface area contributed by atoms with Crippen molar-refractivity contribution in [1.82, 2.24) is 41.8 Å². The van der Waals surface area contributed by atoms with Gasteiger partial charge in [0.25, 0.3) is 0 Å². The number of alkyl carbamates (subject to hydrolysis) is 1. The number of urea groups is 1. The van der Waals surface area contributed by atoms with Gasteiger partial charge in [0.15, 0.2) is 11.6 Å². The summed E-state index contributed by atoms with van der Waals surface area (Å²) >= 11 is 0. The van der Waals surface area contributed by atoms with E-state index in [1.165, 1.54) is 26.1 Å². The summed E-state index contributed by atoms with van der Waals surface area (Å²) in [6.45, 7) is 7.77. The summed E-state index contributed by atoms with van der Waals surface area (Å²) in [6, 6.07) is 15.8. The van der Waals surface area contributed by atoms with Crippen LogP contribution in [0.2, 0.25) is 0 Å². The maximum atomic E-state index is 14.9. The van der Waals surface area contributed by atoms with Gasteiger partial charge < -0.3 is 61.8 Å². The molecule has 0 aliphatic carbocycles. The van der Waals surface area contributed by atoms with Crippen molar-refractivity contribution in [2.24, 2.45) is 11.8 Å². The van der Waals surface area contributed by atoms with E-state index in [2.05, 4.69) is 36.9 Å². The Bertz CT molecular complexity index is 2720. The first-order chi connectivity index (χ1) is 38.1. The van der Waals surface area contributed by atoms with Crippen LogP contribution >= 0.6 is 0 Å². The third-order valence-corrected chi connectivity index (χ3v) is 14.0. The number of aromatic hydroxyl groups is 1. The average Bonchev–Trinajstić information content (AvgIpc) is 3.83. The van der Waals surface area contributed by atoms with Crippen LogP contribution in [0.5, 0.6) is 5.75 Å². The van der Waals surface area contributed by atoms with Crippen LogP contribution in [0.4, 0.5) is 9.59 Å². The minimum atomic E-state index is -1.65. The number of aromatic amines is 1. The smallest absolute Gasteiger partial charge is 0.407 e. The van der Waals surface area contributed by atoms with Crippen molar-refractivity contribution in [1.29, 1.82) is 0 Å². The minimum absolute atomic E-state index is 0.0447. The molecule has 3 aromatic carbocycles. The number of aliphatic carboxylic acids is 1. The predicted molar refractivity (Wildman–Crippen MR) is 299 cm³/mol. The highest BCUT2D eigenvalue weighted by atomic mass is 16.6. The van der Waals surface area contributed by atoms with Crippen LogP contribution in [0.15, 0.2) is 85.1 Å². The number of ether oxygens (including phenoxy) is 1. The molecule has 0 saturated carbocycles. The molecular formula is C59H80N8O13. The monoisotopic (exact) mass is 1110 g/mol. The number of ketones is 2. The van der Waals surface area contributed by atoms with Crippen LogP contribution in [0.25, 0.3) is 10.9 Å². The number of likely N-dealkylation sites (N-methyl/N-ethyl adjacent to an activating group) is 1. The molecule has 80 heavy (non-hydrogen) atoms. The number of carboxylic acid groups (broad SMARTS) is 1. The first-order valence-corrected chi connectivity index (χ1v) is 27.6. The van der Waals surface area contributed by atoms with Gasteiger partial charge in [-0.1, -0.05) is 79.9 Å². The number of para-hydroxylation sites is 1. The van der Waals surface area contributed by atoms with E-state index in [1.54, 1.807) is 69.4 Å². The number of H-pyrrole nitrogens is 1. The topological polar surface area (TPSA) is 315 Å². The number of amides is 7. The normalized spacial score (nSPS) is 20.4. The molecule has 4 aromatic rings. The van der Waals surface area contributed by atoms with E-state index >= 15 is 0 Å². The molecule has 1 fully saturated rings. The number of unbranched alkanes of at least 4 members (excludes halogenated alkanes) is 4. The van der Waals surface area contributed by atoms with Crippen molar-refractivity contribution in [3.8, 4) is 5.75 Å². The van der Waals surface area contributed by atoms with Crippen LogP contribution in [-0.4, -0.2) is 141 Å². The Labute approximate surface area is 467 Å². The fraction of sp³-hybridized carbons (Fsp3) is 0.508. The number of phenols is 1. The summed E-state index contributed by atoms with van der Waals surface area (Å²) in [5.74, 6) is -8.05. The molecule has 0 radical (unpaired) electrons. The molecule has 7 amide bonds. The average molecular weight is 1110 g/mol. The van der Waals surface area contributed by atoms with Crippen molar-refractivity contribution < 1.29 is 63.2 Å². The van der Waals surface area contributed by atoms with Crippen LogP contribution in [0, 0.1) is 11.8 Å². The van der Waals surface area contributed by atoms with Gasteiger partial charge in [0.1, 0.15) is 23.4 Å². The molecule has 5 rings (SSSR count). The third-order valence-electron chi connectivity index (χ3n) is 14.0. The fourth-order valence-corrected chi connectivity index (χ4v) is 9.63. The van der Waals surface area contributed by atoms with Crippen LogP contribution in [0.3, 0.4) is 0 Å². The highest BCUT2D eigenvalue weighted by Gasteiger charge is 2.39. The zero-order chi connectivity index (χ0) is 58.4. The number of hydrogen-bond acceptors (Lipinski definition) is 12. The number of Topliss-reactive ketones (excluding diaryl/α,β-unsaturated/α-hetero) is 2. The van der Waals surface area contributed by atoms with E-state index < -0.39 is 114 Å². The Balaban J connectivity index is 1.42. The Morgan fingerprint density at radius 3 is 1.91 bits per heavy atom. The maximum absolute atomic E-state index is 14.9. The first kappa shape index (κ1) is 63.0. The van der Waals surface area contributed by atoms with Gasteiger partial charge in [-0.05, 0) is 101 Å². The van der Waals surface area contributed by atoms with Crippen molar-refractivity contribution in [2.45, 2.75) is 153 Å². The molecule has 0 spiro atoms. The zero-order valence-corrected chi connectivity index (χ0v) is 46.5. The molecule has 1 saturated heterocycles. The predicted octanol–water partition coefficient (Wildman–Crippen LogP) is 5.15. The molecule has 0 bridgehead atoms. The van der Waals surface area contributed by atoms with Gasteiger partial charge in [-0.3, -0.25) is 33.6 Å². The number of phenolic OH excluding ortho intramolecular Hbond substituents is 1. The zero-order valence-electron chi connectivity index (χ0n) is 46.5. The summed E-state index contributed by atoms with van der Waals surface area (Å²) in [4.78, 5) is 129.